The highest BCUT2D eigenvalue weighted by Gasteiger charge is 2.52. The van der Waals surface area contributed by atoms with Crippen LogP contribution in [-0.4, -0.2) is 105 Å². The first kappa shape index (κ1) is 27.1. The number of fused-ring (bicyclic) bond motifs is 1. The molecule has 2 amide bonds. The van der Waals surface area contributed by atoms with Gasteiger partial charge < -0.3 is 24.6 Å². The molecule has 3 saturated heterocycles. The fourth-order valence-electron chi connectivity index (χ4n) is 5.44. The number of nitrogens with zero attached hydrogens (tertiary/aromatic N) is 3. The Labute approximate surface area is 219 Å². The Balaban J connectivity index is 1.40. The number of anilines is 1. The fourth-order valence-corrected chi connectivity index (χ4v) is 5.44. The third-order valence-corrected chi connectivity index (χ3v) is 7.47. The number of hydrogen-bond donors (Lipinski definition) is 1. The summed E-state index contributed by atoms with van der Waals surface area (Å²) in [5, 5.41) is 2.93. The van der Waals surface area contributed by atoms with Crippen LogP contribution in [0.2, 0.25) is 0 Å². The van der Waals surface area contributed by atoms with Crippen molar-refractivity contribution < 1.29 is 23.9 Å². The summed E-state index contributed by atoms with van der Waals surface area (Å²) in [6, 6.07) is 6.08. The second kappa shape index (κ2) is 12.1. The van der Waals surface area contributed by atoms with Crippen molar-refractivity contribution in [2.24, 2.45) is 11.8 Å². The SMILES string of the molecule is C#CC1CN(C(=O)C(CC(C)C)NC(=O)c2ccc(N3CCN(CCOC)CC3)cc2)C2C(=O)COC12. The van der Waals surface area contributed by atoms with E-state index in [4.69, 9.17) is 15.9 Å². The molecule has 9 nitrogen and oxygen atoms in total. The maximum absolute atomic E-state index is 13.6. The van der Waals surface area contributed by atoms with Gasteiger partial charge in [0.2, 0.25) is 5.91 Å². The number of ether oxygens (including phenoxy) is 2. The minimum atomic E-state index is -0.752. The Morgan fingerprint density at radius 1 is 1.19 bits per heavy atom. The lowest BCUT2D eigenvalue weighted by Crippen LogP contribution is -2.52. The summed E-state index contributed by atoms with van der Waals surface area (Å²) in [6.45, 7) is 9.66. The van der Waals surface area contributed by atoms with Gasteiger partial charge in [-0.2, -0.15) is 0 Å². The summed E-state index contributed by atoms with van der Waals surface area (Å²) in [6.07, 6.45) is 5.63. The van der Waals surface area contributed by atoms with Crippen LogP contribution in [0, 0.1) is 24.2 Å². The molecule has 0 aromatic heterocycles. The van der Waals surface area contributed by atoms with E-state index in [0.717, 1.165) is 45.0 Å². The van der Waals surface area contributed by atoms with Crippen molar-refractivity contribution in [2.45, 2.75) is 38.5 Å². The second-order valence-corrected chi connectivity index (χ2v) is 10.5. The Hall–Kier alpha value is -2.93. The van der Waals surface area contributed by atoms with E-state index >= 15 is 0 Å². The lowest BCUT2D eigenvalue weighted by molar-refractivity contribution is -0.138. The average Bonchev–Trinajstić information content (AvgIpc) is 3.47. The molecular formula is C28H38N4O5. The lowest BCUT2D eigenvalue weighted by Gasteiger charge is -2.36. The monoisotopic (exact) mass is 510 g/mol. The molecule has 0 aliphatic carbocycles. The van der Waals surface area contributed by atoms with Crippen LogP contribution in [0.4, 0.5) is 5.69 Å². The maximum atomic E-state index is 13.6. The van der Waals surface area contributed by atoms with Gasteiger partial charge in [-0.1, -0.05) is 19.8 Å². The number of carbonyl (C=O) groups excluding carboxylic acids is 3. The van der Waals surface area contributed by atoms with Crippen LogP contribution in [0.1, 0.15) is 30.6 Å². The Kier molecular flexibility index (Phi) is 8.85. The third kappa shape index (κ3) is 6.15. The van der Waals surface area contributed by atoms with Crippen LogP contribution in [0.3, 0.4) is 0 Å². The minimum Gasteiger partial charge on any atom is -0.383 e. The van der Waals surface area contributed by atoms with Crippen molar-refractivity contribution in [3.05, 3.63) is 29.8 Å². The van der Waals surface area contributed by atoms with E-state index in [1.54, 1.807) is 19.2 Å². The first-order valence-corrected chi connectivity index (χ1v) is 13.1. The molecule has 1 N–H and O–H groups in total. The smallest absolute Gasteiger partial charge is 0.251 e. The van der Waals surface area contributed by atoms with Crippen molar-refractivity contribution in [2.75, 3.05) is 64.5 Å². The van der Waals surface area contributed by atoms with Crippen molar-refractivity contribution >= 4 is 23.3 Å². The highest BCUT2D eigenvalue weighted by Crippen LogP contribution is 2.32. The van der Waals surface area contributed by atoms with Gasteiger partial charge in [-0.3, -0.25) is 19.3 Å². The van der Waals surface area contributed by atoms with Crippen LogP contribution < -0.4 is 10.2 Å². The number of amides is 2. The number of hydrogen-bond acceptors (Lipinski definition) is 7. The summed E-state index contributed by atoms with van der Waals surface area (Å²) in [7, 11) is 1.72. The molecular weight excluding hydrogens is 472 g/mol. The minimum absolute atomic E-state index is 0.0347. The summed E-state index contributed by atoms with van der Waals surface area (Å²) in [5.74, 6) is 1.76. The van der Waals surface area contributed by atoms with Gasteiger partial charge in [0, 0.05) is 57.6 Å². The van der Waals surface area contributed by atoms with Gasteiger partial charge >= 0.3 is 0 Å². The summed E-state index contributed by atoms with van der Waals surface area (Å²) in [5.41, 5.74) is 1.56. The molecule has 1 aromatic carbocycles. The molecule has 3 fully saturated rings. The first-order chi connectivity index (χ1) is 17.8. The number of nitrogens with one attached hydrogen (secondary N) is 1. The summed E-state index contributed by atoms with van der Waals surface area (Å²) in [4.78, 5) is 45.4. The summed E-state index contributed by atoms with van der Waals surface area (Å²) < 4.78 is 10.8. The Morgan fingerprint density at radius 2 is 1.89 bits per heavy atom. The number of piperazine rings is 1. The topological polar surface area (TPSA) is 91.4 Å². The fraction of sp³-hybridized carbons (Fsp3) is 0.607. The standard InChI is InChI=1S/C28H38N4O5/c1-5-20-17-32(25-24(33)18-37-26(20)25)28(35)23(16-19(2)3)29-27(34)21-6-8-22(9-7-21)31-12-10-30(11-13-31)14-15-36-4/h1,6-9,19-20,23,25-26H,10-18H2,2-4H3,(H,29,34). The van der Waals surface area contributed by atoms with Crippen LogP contribution in [0.15, 0.2) is 24.3 Å². The van der Waals surface area contributed by atoms with Crippen molar-refractivity contribution in [3.63, 3.8) is 0 Å². The molecule has 200 valence electrons. The number of likely N-dealkylation sites (tertiary alicyclic amines) is 1. The number of ketones is 1. The van der Waals surface area contributed by atoms with E-state index in [2.05, 4.69) is 21.0 Å². The molecule has 0 saturated carbocycles. The molecule has 0 radical (unpaired) electrons. The van der Waals surface area contributed by atoms with Crippen molar-refractivity contribution in [1.29, 1.82) is 0 Å². The predicted molar refractivity (Wildman–Crippen MR) is 140 cm³/mol. The highest BCUT2D eigenvalue weighted by atomic mass is 16.5. The zero-order valence-electron chi connectivity index (χ0n) is 22.0. The van der Waals surface area contributed by atoms with E-state index in [9.17, 15) is 14.4 Å². The number of benzene rings is 1. The van der Waals surface area contributed by atoms with E-state index in [0.29, 0.717) is 12.0 Å². The number of rotatable bonds is 9. The third-order valence-electron chi connectivity index (χ3n) is 7.47. The number of terminal acetylenes is 1. The molecule has 37 heavy (non-hydrogen) atoms. The zero-order chi connectivity index (χ0) is 26.5. The normalized spacial score (nSPS) is 24.7. The largest absolute Gasteiger partial charge is 0.383 e. The zero-order valence-corrected chi connectivity index (χ0v) is 22.0. The van der Waals surface area contributed by atoms with E-state index < -0.39 is 18.2 Å². The van der Waals surface area contributed by atoms with Gasteiger partial charge in [0.1, 0.15) is 24.8 Å². The molecule has 0 bridgehead atoms. The molecule has 3 aliphatic heterocycles. The van der Waals surface area contributed by atoms with E-state index in [1.807, 2.05) is 26.0 Å². The lowest BCUT2D eigenvalue weighted by atomic mass is 10.0. The molecule has 9 heteroatoms. The van der Waals surface area contributed by atoms with Gasteiger partial charge in [0.25, 0.3) is 5.91 Å². The molecule has 4 rings (SSSR count). The quantitative estimate of drug-likeness (QED) is 0.496. The van der Waals surface area contributed by atoms with Crippen LogP contribution in [-0.2, 0) is 19.1 Å². The van der Waals surface area contributed by atoms with Crippen LogP contribution in [0.5, 0.6) is 0 Å². The van der Waals surface area contributed by atoms with Gasteiger partial charge in [-0.05, 0) is 36.6 Å². The highest BCUT2D eigenvalue weighted by molar-refractivity contribution is 5.99. The Morgan fingerprint density at radius 3 is 2.51 bits per heavy atom. The van der Waals surface area contributed by atoms with Gasteiger partial charge in [-0.15, -0.1) is 6.42 Å². The van der Waals surface area contributed by atoms with Gasteiger partial charge in [-0.25, -0.2) is 0 Å². The van der Waals surface area contributed by atoms with Crippen LogP contribution in [0.25, 0.3) is 0 Å². The summed E-state index contributed by atoms with van der Waals surface area (Å²) >= 11 is 0. The van der Waals surface area contributed by atoms with E-state index in [-0.39, 0.29) is 42.6 Å². The number of methoxy groups -OCH3 is 1. The number of carbonyl (C=O) groups is 3. The van der Waals surface area contributed by atoms with Gasteiger partial charge in [0.15, 0.2) is 5.78 Å². The molecule has 4 atom stereocenters. The molecule has 3 heterocycles. The van der Waals surface area contributed by atoms with Crippen molar-refractivity contribution in [3.8, 4) is 12.3 Å². The molecule has 1 aromatic rings. The Bertz CT molecular complexity index is 1010. The van der Waals surface area contributed by atoms with Crippen LogP contribution >= 0.6 is 0 Å². The molecule has 0 spiro atoms. The van der Waals surface area contributed by atoms with E-state index in [1.165, 1.54) is 4.90 Å². The average molecular weight is 511 g/mol. The predicted octanol–water partition coefficient (Wildman–Crippen LogP) is 1.03. The molecule has 3 aliphatic rings. The second-order valence-electron chi connectivity index (χ2n) is 10.5. The maximum Gasteiger partial charge on any atom is 0.251 e. The first-order valence-electron chi connectivity index (χ1n) is 13.1. The number of Topliss-reactive ketones (excluding diaryl/α,β-unsaturated/α-hetero) is 1. The van der Waals surface area contributed by atoms with Crippen molar-refractivity contribution in [1.82, 2.24) is 15.1 Å². The molecule has 4 unspecified atom stereocenters. The van der Waals surface area contributed by atoms with Gasteiger partial charge in [0.05, 0.1) is 12.5 Å².